The molecule has 2 aromatic carbocycles. The number of rotatable bonds is 1. The second kappa shape index (κ2) is 4.07. The minimum Gasteiger partial charge on any atom is -0.316 e. The summed E-state index contributed by atoms with van der Waals surface area (Å²) >= 11 is 0. The number of ketones is 1. The summed E-state index contributed by atoms with van der Waals surface area (Å²) in [6, 6.07) is 16.5. The molecule has 0 saturated carbocycles. The molecule has 1 atom stereocenters. The van der Waals surface area contributed by atoms with Gasteiger partial charge in [0.15, 0.2) is 5.78 Å². The highest BCUT2D eigenvalue weighted by Gasteiger charge is 2.29. The van der Waals surface area contributed by atoms with E-state index in [0.29, 0.717) is 0 Å². The molecule has 0 amide bonds. The van der Waals surface area contributed by atoms with Crippen LogP contribution in [0.4, 0.5) is 0 Å². The summed E-state index contributed by atoms with van der Waals surface area (Å²) in [4.78, 5) is 12.2. The molecule has 0 spiro atoms. The SMILES string of the molecule is CC1Cc2c(cccc2-n2ccc3ccccc32)C1=O. The number of nitrogens with zero attached hydrogens (tertiary/aromatic N) is 1. The number of aromatic nitrogens is 1. The Kier molecular flexibility index (Phi) is 2.34. The summed E-state index contributed by atoms with van der Waals surface area (Å²) in [5.41, 5.74) is 4.41. The average Bonchev–Trinajstić information content (AvgIpc) is 3.02. The summed E-state index contributed by atoms with van der Waals surface area (Å²) in [6.07, 6.45) is 2.94. The molecular formula is C18H15NO. The Bertz CT molecular complexity index is 828. The monoisotopic (exact) mass is 261 g/mol. The number of carbonyl (C=O) groups excluding carboxylic acids is 1. The second-order valence-electron chi connectivity index (χ2n) is 5.52. The number of hydrogen-bond acceptors (Lipinski definition) is 1. The van der Waals surface area contributed by atoms with Crippen LogP contribution in [-0.2, 0) is 6.42 Å². The molecule has 2 nitrogen and oxygen atoms in total. The first-order valence-corrected chi connectivity index (χ1v) is 6.98. The topological polar surface area (TPSA) is 22.0 Å². The molecular weight excluding hydrogens is 246 g/mol. The van der Waals surface area contributed by atoms with Gasteiger partial charge in [0, 0.05) is 23.4 Å². The maximum Gasteiger partial charge on any atom is 0.166 e. The Hall–Kier alpha value is -2.35. The fourth-order valence-electron chi connectivity index (χ4n) is 3.20. The van der Waals surface area contributed by atoms with Crippen LogP contribution in [0.2, 0.25) is 0 Å². The van der Waals surface area contributed by atoms with Gasteiger partial charge in [-0.25, -0.2) is 0 Å². The van der Waals surface area contributed by atoms with Crippen molar-refractivity contribution in [2.24, 2.45) is 5.92 Å². The lowest BCUT2D eigenvalue weighted by molar-refractivity contribution is 0.0946. The third-order valence-electron chi connectivity index (χ3n) is 4.23. The minimum absolute atomic E-state index is 0.105. The summed E-state index contributed by atoms with van der Waals surface area (Å²) < 4.78 is 2.19. The smallest absolute Gasteiger partial charge is 0.166 e. The quantitative estimate of drug-likeness (QED) is 0.649. The standard InChI is InChI=1S/C18H15NO/c1-12-11-15-14(18(12)20)6-4-8-17(15)19-10-9-13-5-2-3-7-16(13)19/h2-10,12H,11H2,1H3. The predicted molar refractivity (Wildman–Crippen MR) is 80.5 cm³/mol. The van der Waals surface area contributed by atoms with Crippen LogP contribution in [-0.4, -0.2) is 10.4 Å². The third-order valence-corrected chi connectivity index (χ3v) is 4.23. The highest BCUT2D eigenvalue weighted by Crippen LogP contribution is 2.32. The van der Waals surface area contributed by atoms with Crippen molar-refractivity contribution in [3.8, 4) is 5.69 Å². The maximum absolute atomic E-state index is 12.2. The fraction of sp³-hybridized carbons (Fsp3) is 0.167. The molecule has 0 radical (unpaired) electrons. The summed E-state index contributed by atoms with van der Waals surface area (Å²) in [5, 5.41) is 1.22. The lowest BCUT2D eigenvalue weighted by atomic mass is 10.1. The molecule has 0 saturated heterocycles. The molecule has 0 fully saturated rings. The predicted octanol–water partition coefficient (Wildman–Crippen LogP) is 4.01. The van der Waals surface area contributed by atoms with Gasteiger partial charge in [0.2, 0.25) is 0 Å². The first-order chi connectivity index (χ1) is 9.75. The van der Waals surface area contributed by atoms with Crippen molar-refractivity contribution in [1.82, 2.24) is 4.57 Å². The fourth-order valence-corrected chi connectivity index (χ4v) is 3.20. The lowest BCUT2D eigenvalue weighted by Crippen LogP contribution is -2.02. The van der Waals surface area contributed by atoms with Gasteiger partial charge in [-0.3, -0.25) is 4.79 Å². The van der Waals surface area contributed by atoms with Crippen LogP contribution in [0.15, 0.2) is 54.7 Å². The van der Waals surface area contributed by atoms with Gasteiger partial charge in [-0.2, -0.15) is 0 Å². The van der Waals surface area contributed by atoms with Crippen molar-refractivity contribution in [1.29, 1.82) is 0 Å². The number of Topliss-reactive ketones (excluding diaryl/α,β-unsaturated/α-hetero) is 1. The molecule has 0 bridgehead atoms. The Morgan fingerprint density at radius 2 is 1.90 bits per heavy atom. The van der Waals surface area contributed by atoms with Crippen LogP contribution in [0.5, 0.6) is 0 Å². The number of benzene rings is 2. The molecule has 1 aromatic heterocycles. The van der Waals surface area contributed by atoms with Crippen molar-refractivity contribution in [3.63, 3.8) is 0 Å². The van der Waals surface area contributed by atoms with Crippen LogP contribution in [0.3, 0.4) is 0 Å². The Morgan fingerprint density at radius 3 is 2.80 bits per heavy atom. The van der Waals surface area contributed by atoms with E-state index in [1.54, 1.807) is 0 Å². The van der Waals surface area contributed by atoms with E-state index in [9.17, 15) is 4.79 Å². The summed E-state index contributed by atoms with van der Waals surface area (Å²) in [7, 11) is 0. The molecule has 4 rings (SSSR count). The minimum atomic E-state index is 0.105. The molecule has 98 valence electrons. The number of hydrogen-bond donors (Lipinski definition) is 0. The molecule has 0 N–H and O–H groups in total. The van der Waals surface area contributed by atoms with Crippen molar-refractivity contribution in [2.45, 2.75) is 13.3 Å². The maximum atomic E-state index is 12.2. The number of fused-ring (bicyclic) bond motifs is 2. The zero-order valence-corrected chi connectivity index (χ0v) is 11.3. The van der Waals surface area contributed by atoms with Gasteiger partial charge in [-0.15, -0.1) is 0 Å². The van der Waals surface area contributed by atoms with Crippen molar-refractivity contribution in [2.75, 3.05) is 0 Å². The van der Waals surface area contributed by atoms with E-state index in [2.05, 4.69) is 41.1 Å². The zero-order valence-electron chi connectivity index (χ0n) is 11.3. The van der Waals surface area contributed by atoms with Crippen LogP contribution >= 0.6 is 0 Å². The van der Waals surface area contributed by atoms with Crippen LogP contribution in [0.25, 0.3) is 16.6 Å². The van der Waals surface area contributed by atoms with Gasteiger partial charge in [0.05, 0.1) is 5.52 Å². The van der Waals surface area contributed by atoms with Crippen molar-refractivity contribution < 1.29 is 4.79 Å². The van der Waals surface area contributed by atoms with Gasteiger partial charge in [-0.1, -0.05) is 37.3 Å². The van der Waals surface area contributed by atoms with Gasteiger partial charge in [-0.05, 0) is 35.6 Å². The summed E-state index contributed by atoms with van der Waals surface area (Å²) in [5.74, 6) is 0.381. The molecule has 1 aliphatic rings. The largest absolute Gasteiger partial charge is 0.316 e. The van der Waals surface area contributed by atoms with Gasteiger partial charge < -0.3 is 4.57 Å². The van der Waals surface area contributed by atoms with E-state index in [-0.39, 0.29) is 11.7 Å². The Balaban J connectivity index is 1.99. The second-order valence-corrected chi connectivity index (χ2v) is 5.52. The molecule has 0 aliphatic heterocycles. The van der Waals surface area contributed by atoms with Crippen molar-refractivity contribution in [3.05, 3.63) is 65.9 Å². The van der Waals surface area contributed by atoms with E-state index < -0.39 is 0 Å². The van der Waals surface area contributed by atoms with Gasteiger partial charge in [0.25, 0.3) is 0 Å². The number of carbonyl (C=O) groups is 1. The Labute approximate surface area is 117 Å². The van der Waals surface area contributed by atoms with E-state index in [1.165, 1.54) is 16.5 Å². The van der Waals surface area contributed by atoms with Crippen LogP contribution in [0.1, 0.15) is 22.8 Å². The highest BCUT2D eigenvalue weighted by atomic mass is 16.1. The molecule has 1 heterocycles. The molecule has 2 heteroatoms. The van der Waals surface area contributed by atoms with Gasteiger partial charge >= 0.3 is 0 Å². The van der Waals surface area contributed by atoms with E-state index in [4.69, 9.17) is 0 Å². The number of para-hydroxylation sites is 1. The third kappa shape index (κ3) is 1.48. The molecule has 1 unspecified atom stereocenters. The molecule has 3 aromatic rings. The van der Waals surface area contributed by atoms with Crippen molar-refractivity contribution >= 4 is 16.7 Å². The normalized spacial score (nSPS) is 17.6. The van der Waals surface area contributed by atoms with E-state index in [1.807, 2.05) is 25.1 Å². The van der Waals surface area contributed by atoms with Crippen LogP contribution < -0.4 is 0 Å². The first kappa shape index (κ1) is 11.5. The Morgan fingerprint density at radius 1 is 1.05 bits per heavy atom. The summed E-state index contributed by atoms with van der Waals surface area (Å²) in [6.45, 7) is 2.01. The molecule has 20 heavy (non-hydrogen) atoms. The van der Waals surface area contributed by atoms with E-state index in [0.717, 1.165) is 17.7 Å². The van der Waals surface area contributed by atoms with Gasteiger partial charge in [0.1, 0.15) is 0 Å². The average molecular weight is 261 g/mol. The molecule has 1 aliphatic carbocycles. The first-order valence-electron chi connectivity index (χ1n) is 6.98. The zero-order chi connectivity index (χ0) is 13.7. The van der Waals surface area contributed by atoms with Crippen LogP contribution in [0, 0.1) is 5.92 Å². The van der Waals surface area contributed by atoms with E-state index >= 15 is 0 Å². The highest BCUT2D eigenvalue weighted by molar-refractivity contribution is 6.03. The lowest BCUT2D eigenvalue weighted by Gasteiger charge is -2.10.